The molecule has 2 N–H and O–H groups in total. The number of hydrogen-bond donors (Lipinski definition) is 1. The van der Waals surface area contributed by atoms with E-state index < -0.39 is 0 Å². The van der Waals surface area contributed by atoms with Crippen LogP contribution in [0.2, 0.25) is 0 Å². The van der Waals surface area contributed by atoms with Gasteiger partial charge in [0.1, 0.15) is 5.82 Å². The molecule has 0 radical (unpaired) electrons. The Morgan fingerprint density at radius 2 is 2.15 bits per heavy atom. The summed E-state index contributed by atoms with van der Waals surface area (Å²) in [7, 11) is 0. The van der Waals surface area contributed by atoms with Gasteiger partial charge in [0.15, 0.2) is 0 Å². The maximum absolute atomic E-state index is 5.91. The van der Waals surface area contributed by atoms with Crippen LogP contribution in [0.25, 0.3) is 11.3 Å². The van der Waals surface area contributed by atoms with Crippen molar-refractivity contribution < 1.29 is 4.74 Å². The second-order valence-corrected chi connectivity index (χ2v) is 4.73. The lowest BCUT2D eigenvalue weighted by Gasteiger charge is -2.09. The quantitative estimate of drug-likeness (QED) is 0.752. The molecule has 0 aromatic carbocycles. The normalized spacial score (nSPS) is 10.8. The SMILES string of the molecule is CCCCOCCCn1cncc1-c1cccnc1N. The number of pyridine rings is 1. The van der Waals surface area contributed by atoms with Crippen LogP contribution in [0.5, 0.6) is 0 Å². The minimum atomic E-state index is 0.536. The van der Waals surface area contributed by atoms with E-state index in [4.69, 9.17) is 10.5 Å². The number of anilines is 1. The van der Waals surface area contributed by atoms with E-state index in [2.05, 4.69) is 21.5 Å². The van der Waals surface area contributed by atoms with Gasteiger partial charge in [-0.15, -0.1) is 0 Å². The Bertz CT molecular complexity index is 524. The molecular weight excluding hydrogens is 252 g/mol. The molecule has 2 rings (SSSR count). The lowest BCUT2D eigenvalue weighted by molar-refractivity contribution is 0.126. The van der Waals surface area contributed by atoms with Crippen LogP contribution < -0.4 is 5.73 Å². The van der Waals surface area contributed by atoms with Crippen LogP contribution >= 0.6 is 0 Å². The van der Waals surface area contributed by atoms with Gasteiger partial charge in [-0.3, -0.25) is 0 Å². The predicted molar refractivity (Wildman–Crippen MR) is 80.2 cm³/mol. The fraction of sp³-hybridized carbons (Fsp3) is 0.467. The number of nitrogens with zero attached hydrogens (tertiary/aromatic N) is 3. The van der Waals surface area contributed by atoms with Crippen LogP contribution in [0.15, 0.2) is 30.9 Å². The number of hydrogen-bond acceptors (Lipinski definition) is 4. The standard InChI is InChI=1S/C15H22N4O/c1-2-3-9-20-10-5-8-19-12-17-11-14(19)13-6-4-7-18-15(13)16/h4,6-7,11-12H,2-3,5,8-10H2,1H3,(H2,16,18). The van der Waals surface area contributed by atoms with Gasteiger partial charge in [-0.2, -0.15) is 0 Å². The monoisotopic (exact) mass is 274 g/mol. The first-order valence-electron chi connectivity index (χ1n) is 7.11. The van der Waals surface area contributed by atoms with E-state index in [1.165, 1.54) is 6.42 Å². The Morgan fingerprint density at radius 1 is 1.30 bits per heavy atom. The molecule has 0 aliphatic heterocycles. The van der Waals surface area contributed by atoms with Gasteiger partial charge in [0.2, 0.25) is 0 Å². The van der Waals surface area contributed by atoms with Crippen LogP contribution in [-0.4, -0.2) is 27.7 Å². The number of nitrogen functional groups attached to an aromatic ring is 1. The third-order valence-electron chi connectivity index (χ3n) is 3.16. The molecular formula is C15H22N4O. The van der Waals surface area contributed by atoms with Gasteiger partial charge in [0.25, 0.3) is 0 Å². The minimum absolute atomic E-state index is 0.536. The number of aromatic nitrogens is 3. The molecule has 0 saturated heterocycles. The first-order valence-corrected chi connectivity index (χ1v) is 7.11. The van der Waals surface area contributed by atoms with E-state index in [0.29, 0.717) is 5.82 Å². The summed E-state index contributed by atoms with van der Waals surface area (Å²) in [6, 6.07) is 3.85. The van der Waals surface area contributed by atoms with Crippen LogP contribution in [-0.2, 0) is 11.3 Å². The summed E-state index contributed by atoms with van der Waals surface area (Å²) >= 11 is 0. The highest BCUT2D eigenvalue weighted by molar-refractivity contribution is 5.70. The lowest BCUT2D eigenvalue weighted by Crippen LogP contribution is -2.05. The number of imidazole rings is 1. The molecule has 2 aromatic rings. The van der Waals surface area contributed by atoms with Gasteiger partial charge in [-0.1, -0.05) is 13.3 Å². The summed E-state index contributed by atoms with van der Waals surface area (Å²) in [5.41, 5.74) is 7.84. The third-order valence-corrected chi connectivity index (χ3v) is 3.16. The van der Waals surface area contributed by atoms with Gasteiger partial charge in [-0.05, 0) is 25.0 Å². The zero-order valence-corrected chi connectivity index (χ0v) is 12.0. The average Bonchev–Trinajstić information content (AvgIpc) is 2.91. The van der Waals surface area contributed by atoms with Crippen molar-refractivity contribution in [3.05, 3.63) is 30.9 Å². The zero-order valence-electron chi connectivity index (χ0n) is 12.0. The molecule has 20 heavy (non-hydrogen) atoms. The van der Waals surface area contributed by atoms with Gasteiger partial charge in [0.05, 0.1) is 18.2 Å². The Balaban J connectivity index is 1.91. The molecule has 0 aliphatic carbocycles. The first kappa shape index (κ1) is 14.5. The first-order chi connectivity index (χ1) is 9.83. The summed E-state index contributed by atoms with van der Waals surface area (Å²) < 4.78 is 7.66. The average molecular weight is 274 g/mol. The summed E-state index contributed by atoms with van der Waals surface area (Å²) in [5, 5.41) is 0. The molecule has 108 valence electrons. The van der Waals surface area contributed by atoms with Crippen molar-refractivity contribution >= 4 is 5.82 Å². The van der Waals surface area contributed by atoms with Crippen LogP contribution in [0.3, 0.4) is 0 Å². The van der Waals surface area contributed by atoms with Crippen LogP contribution in [0.4, 0.5) is 5.82 Å². The van der Waals surface area contributed by atoms with Crippen molar-refractivity contribution in [3.63, 3.8) is 0 Å². The van der Waals surface area contributed by atoms with Gasteiger partial charge in [0, 0.05) is 31.5 Å². The molecule has 5 heteroatoms. The highest BCUT2D eigenvalue weighted by Gasteiger charge is 2.08. The maximum Gasteiger partial charge on any atom is 0.132 e. The molecule has 0 saturated carbocycles. The summed E-state index contributed by atoms with van der Waals surface area (Å²) in [4.78, 5) is 8.33. The number of unbranched alkanes of at least 4 members (excludes halogenated alkanes) is 1. The molecule has 0 unspecified atom stereocenters. The molecule has 0 spiro atoms. The number of nitrogens with two attached hydrogens (primary N) is 1. The second-order valence-electron chi connectivity index (χ2n) is 4.73. The highest BCUT2D eigenvalue weighted by Crippen LogP contribution is 2.23. The van der Waals surface area contributed by atoms with Crippen molar-refractivity contribution in [2.24, 2.45) is 0 Å². The highest BCUT2D eigenvalue weighted by atomic mass is 16.5. The van der Waals surface area contributed by atoms with E-state index >= 15 is 0 Å². The topological polar surface area (TPSA) is 66.0 Å². The molecule has 0 atom stereocenters. The smallest absolute Gasteiger partial charge is 0.132 e. The van der Waals surface area contributed by atoms with Crippen molar-refractivity contribution in [2.45, 2.75) is 32.7 Å². The van der Waals surface area contributed by atoms with E-state index in [1.807, 2.05) is 24.7 Å². The van der Waals surface area contributed by atoms with E-state index in [0.717, 1.165) is 43.9 Å². The Morgan fingerprint density at radius 3 is 2.95 bits per heavy atom. The molecule has 0 aliphatic rings. The third kappa shape index (κ3) is 3.81. The molecule has 2 aromatic heterocycles. The Hall–Kier alpha value is -1.88. The van der Waals surface area contributed by atoms with Crippen molar-refractivity contribution in [1.82, 2.24) is 14.5 Å². The number of rotatable bonds is 8. The Labute approximate surface area is 119 Å². The maximum atomic E-state index is 5.91. The van der Waals surface area contributed by atoms with Crippen molar-refractivity contribution in [2.75, 3.05) is 18.9 Å². The summed E-state index contributed by atoms with van der Waals surface area (Å²) in [6.07, 6.45) is 8.61. The van der Waals surface area contributed by atoms with Crippen LogP contribution in [0.1, 0.15) is 26.2 Å². The largest absolute Gasteiger partial charge is 0.383 e. The lowest BCUT2D eigenvalue weighted by atomic mass is 10.2. The van der Waals surface area contributed by atoms with Gasteiger partial charge in [-0.25, -0.2) is 9.97 Å². The number of aryl methyl sites for hydroxylation is 1. The zero-order chi connectivity index (χ0) is 14.2. The number of ether oxygens (including phenoxy) is 1. The summed E-state index contributed by atoms with van der Waals surface area (Å²) in [6.45, 7) is 4.66. The molecule has 0 fully saturated rings. The minimum Gasteiger partial charge on any atom is -0.383 e. The molecule has 0 amide bonds. The van der Waals surface area contributed by atoms with Crippen molar-refractivity contribution in [3.8, 4) is 11.3 Å². The molecule has 5 nitrogen and oxygen atoms in total. The van der Waals surface area contributed by atoms with Crippen molar-refractivity contribution in [1.29, 1.82) is 0 Å². The van der Waals surface area contributed by atoms with E-state index in [-0.39, 0.29) is 0 Å². The fourth-order valence-corrected chi connectivity index (χ4v) is 2.04. The summed E-state index contributed by atoms with van der Waals surface area (Å²) in [5.74, 6) is 0.536. The van der Waals surface area contributed by atoms with Crippen LogP contribution in [0, 0.1) is 0 Å². The molecule has 0 bridgehead atoms. The van der Waals surface area contributed by atoms with E-state index in [1.54, 1.807) is 6.20 Å². The Kier molecular flexibility index (Phi) is 5.55. The fourth-order valence-electron chi connectivity index (χ4n) is 2.04. The van der Waals surface area contributed by atoms with Gasteiger partial charge >= 0.3 is 0 Å². The second kappa shape index (κ2) is 7.65. The van der Waals surface area contributed by atoms with Gasteiger partial charge < -0.3 is 15.0 Å². The predicted octanol–water partition coefficient (Wildman–Crippen LogP) is 2.73. The molecule has 2 heterocycles. The van der Waals surface area contributed by atoms with E-state index in [9.17, 15) is 0 Å².